The fraction of sp³-hybridized carbons (Fsp3) is 0.500. The number of hydrogen-bond donors (Lipinski definition) is 1. The van der Waals surface area contributed by atoms with Crippen LogP contribution in [0.5, 0.6) is 0 Å². The van der Waals surface area contributed by atoms with Crippen LogP contribution in [0.2, 0.25) is 0 Å². The molecule has 0 aromatic heterocycles. The Labute approximate surface area is 119 Å². The van der Waals surface area contributed by atoms with Gasteiger partial charge in [-0.05, 0) is 30.7 Å². The molecule has 0 saturated carbocycles. The molecule has 2 unspecified atom stereocenters. The van der Waals surface area contributed by atoms with E-state index in [2.05, 4.69) is 0 Å². The van der Waals surface area contributed by atoms with Crippen molar-refractivity contribution in [1.29, 1.82) is 0 Å². The van der Waals surface area contributed by atoms with Gasteiger partial charge in [0.25, 0.3) is 0 Å². The molecule has 0 spiro atoms. The molecule has 0 radical (unpaired) electrons. The molecular formula is C16H21NO3. The molecule has 2 atom stereocenters. The molecule has 1 aromatic rings. The standard InChI is InChI=1S/C16H21NO3/c1-12-10-11-17(15(12)16(19)20)14(18)9-5-8-13-6-3-2-4-7-13/h2-4,6-7,12,15H,5,8-11H2,1H3,(H,19,20). The predicted octanol–water partition coefficient (Wildman–Crippen LogP) is 2.33. The molecule has 1 N–H and O–H groups in total. The number of carboxylic acids is 1. The summed E-state index contributed by atoms with van der Waals surface area (Å²) in [7, 11) is 0. The van der Waals surface area contributed by atoms with Gasteiger partial charge in [-0.3, -0.25) is 4.79 Å². The molecule has 2 rings (SSSR count). The first-order valence-corrected chi connectivity index (χ1v) is 7.16. The van der Waals surface area contributed by atoms with Crippen LogP contribution >= 0.6 is 0 Å². The number of carbonyl (C=O) groups is 2. The number of likely N-dealkylation sites (tertiary alicyclic amines) is 1. The zero-order valence-electron chi connectivity index (χ0n) is 11.8. The Morgan fingerprint density at radius 1 is 1.30 bits per heavy atom. The average Bonchev–Trinajstić information content (AvgIpc) is 2.82. The van der Waals surface area contributed by atoms with Gasteiger partial charge in [-0.25, -0.2) is 4.79 Å². The summed E-state index contributed by atoms with van der Waals surface area (Å²) in [4.78, 5) is 24.9. The van der Waals surface area contributed by atoms with E-state index in [0.29, 0.717) is 13.0 Å². The number of carbonyl (C=O) groups excluding carboxylic acids is 1. The largest absolute Gasteiger partial charge is 0.480 e. The van der Waals surface area contributed by atoms with E-state index in [-0.39, 0.29) is 11.8 Å². The lowest BCUT2D eigenvalue weighted by atomic mass is 10.0. The fourth-order valence-electron chi connectivity index (χ4n) is 2.84. The summed E-state index contributed by atoms with van der Waals surface area (Å²) in [5.41, 5.74) is 1.21. The molecule has 1 aliphatic heterocycles. The van der Waals surface area contributed by atoms with Crippen LogP contribution in [0.3, 0.4) is 0 Å². The summed E-state index contributed by atoms with van der Waals surface area (Å²) >= 11 is 0. The maximum absolute atomic E-state index is 12.2. The third kappa shape index (κ3) is 3.38. The molecule has 1 heterocycles. The topological polar surface area (TPSA) is 57.6 Å². The quantitative estimate of drug-likeness (QED) is 0.897. The Balaban J connectivity index is 1.84. The van der Waals surface area contributed by atoms with E-state index < -0.39 is 12.0 Å². The number of benzene rings is 1. The van der Waals surface area contributed by atoms with Crippen LogP contribution in [0.25, 0.3) is 0 Å². The maximum atomic E-state index is 12.2. The predicted molar refractivity (Wildman–Crippen MR) is 76.3 cm³/mol. The summed E-state index contributed by atoms with van der Waals surface area (Å²) in [5, 5.41) is 9.21. The second-order valence-electron chi connectivity index (χ2n) is 5.48. The molecule has 1 aromatic carbocycles. The van der Waals surface area contributed by atoms with Crippen LogP contribution in [-0.2, 0) is 16.0 Å². The van der Waals surface area contributed by atoms with Crippen LogP contribution in [0.1, 0.15) is 31.7 Å². The van der Waals surface area contributed by atoms with Gasteiger partial charge in [-0.1, -0.05) is 37.3 Å². The summed E-state index contributed by atoms with van der Waals surface area (Å²) in [6.45, 7) is 2.47. The molecule has 20 heavy (non-hydrogen) atoms. The second kappa shape index (κ2) is 6.55. The van der Waals surface area contributed by atoms with Crippen LogP contribution in [0.4, 0.5) is 0 Å². The van der Waals surface area contributed by atoms with Crippen molar-refractivity contribution in [2.45, 2.75) is 38.6 Å². The zero-order valence-corrected chi connectivity index (χ0v) is 11.8. The van der Waals surface area contributed by atoms with E-state index in [9.17, 15) is 14.7 Å². The van der Waals surface area contributed by atoms with E-state index in [1.165, 1.54) is 10.5 Å². The molecule has 1 aliphatic rings. The first-order chi connectivity index (χ1) is 9.59. The third-order valence-electron chi connectivity index (χ3n) is 3.97. The number of hydrogen-bond acceptors (Lipinski definition) is 2. The maximum Gasteiger partial charge on any atom is 0.326 e. The van der Waals surface area contributed by atoms with Crippen molar-refractivity contribution in [2.75, 3.05) is 6.54 Å². The van der Waals surface area contributed by atoms with Crippen LogP contribution in [-0.4, -0.2) is 34.5 Å². The van der Waals surface area contributed by atoms with Gasteiger partial charge in [0.1, 0.15) is 6.04 Å². The second-order valence-corrected chi connectivity index (χ2v) is 5.48. The highest BCUT2D eigenvalue weighted by Gasteiger charge is 2.38. The number of carboxylic acid groups (broad SMARTS) is 1. The Bertz CT molecular complexity index is 472. The highest BCUT2D eigenvalue weighted by Crippen LogP contribution is 2.25. The molecule has 0 aliphatic carbocycles. The van der Waals surface area contributed by atoms with Crippen molar-refractivity contribution >= 4 is 11.9 Å². The van der Waals surface area contributed by atoms with Gasteiger partial charge < -0.3 is 10.0 Å². The Morgan fingerprint density at radius 2 is 2.00 bits per heavy atom. The number of rotatable bonds is 5. The minimum Gasteiger partial charge on any atom is -0.480 e. The van der Waals surface area contributed by atoms with E-state index in [1.54, 1.807) is 0 Å². The van der Waals surface area contributed by atoms with Gasteiger partial charge in [-0.2, -0.15) is 0 Å². The normalized spacial score (nSPS) is 21.9. The molecule has 0 bridgehead atoms. The van der Waals surface area contributed by atoms with Crippen LogP contribution in [0.15, 0.2) is 30.3 Å². The van der Waals surface area contributed by atoms with E-state index in [1.807, 2.05) is 37.3 Å². The van der Waals surface area contributed by atoms with Crippen molar-refractivity contribution in [3.8, 4) is 0 Å². The minimum atomic E-state index is -0.883. The lowest BCUT2D eigenvalue weighted by Crippen LogP contribution is -2.42. The van der Waals surface area contributed by atoms with Crippen molar-refractivity contribution in [1.82, 2.24) is 4.90 Å². The lowest BCUT2D eigenvalue weighted by molar-refractivity contribution is -0.149. The summed E-state index contributed by atoms with van der Waals surface area (Å²) in [5.74, 6) is -0.866. The monoisotopic (exact) mass is 275 g/mol. The molecular weight excluding hydrogens is 254 g/mol. The van der Waals surface area contributed by atoms with E-state index >= 15 is 0 Å². The molecule has 1 saturated heterocycles. The van der Waals surface area contributed by atoms with Gasteiger partial charge in [0.15, 0.2) is 0 Å². The van der Waals surface area contributed by atoms with Gasteiger partial charge in [0.2, 0.25) is 5.91 Å². The third-order valence-corrected chi connectivity index (χ3v) is 3.97. The van der Waals surface area contributed by atoms with Crippen LogP contribution in [0, 0.1) is 5.92 Å². The highest BCUT2D eigenvalue weighted by atomic mass is 16.4. The average molecular weight is 275 g/mol. The molecule has 4 nitrogen and oxygen atoms in total. The van der Waals surface area contributed by atoms with E-state index in [4.69, 9.17) is 0 Å². The smallest absolute Gasteiger partial charge is 0.326 e. The van der Waals surface area contributed by atoms with Gasteiger partial charge in [0, 0.05) is 13.0 Å². The Kier molecular flexibility index (Phi) is 4.77. The van der Waals surface area contributed by atoms with Crippen molar-refractivity contribution in [2.24, 2.45) is 5.92 Å². The number of amides is 1. The van der Waals surface area contributed by atoms with E-state index in [0.717, 1.165) is 19.3 Å². The van der Waals surface area contributed by atoms with Crippen molar-refractivity contribution in [3.63, 3.8) is 0 Å². The highest BCUT2D eigenvalue weighted by molar-refractivity contribution is 5.84. The van der Waals surface area contributed by atoms with Gasteiger partial charge >= 0.3 is 5.97 Å². The van der Waals surface area contributed by atoms with Crippen molar-refractivity contribution in [3.05, 3.63) is 35.9 Å². The zero-order chi connectivity index (χ0) is 14.5. The summed E-state index contributed by atoms with van der Waals surface area (Å²) in [6, 6.07) is 9.39. The van der Waals surface area contributed by atoms with Gasteiger partial charge in [0.05, 0.1) is 0 Å². The van der Waals surface area contributed by atoms with Crippen LogP contribution < -0.4 is 0 Å². The fourth-order valence-corrected chi connectivity index (χ4v) is 2.84. The Morgan fingerprint density at radius 3 is 2.65 bits per heavy atom. The van der Waals surface area contributed by atoms with Crippen molar-refractivity contribution < 1.29 is 14.7 Å². The lowest BCUT2D eigenvalue weighted by Gasteiger charge is -2.23. The number of aryl methyl sites for hydroxylation is 1. The first-order valence-electron chi connectivity index (χ1n) is 7.16. The number of aliphatic carboxylic acids is 1. The summed E-state index contributed by atoms with van der Waals surface area (Å²) < 4.78 is 0. The van der Waals surface area contributed by atoms with Gasteiger partial charge in [-0.15, -0.1) is 0 Å². The summed E-state index contributed by atoms with van der Waals surface area (Å²) in [6.07, 6.45) is 2.82. The molecule has 1 fully saturated rings. The SMILES string of the molecule is CC1CCN(C(=O)CCCc2ccccc2)C1C(=O)O. The Hall–Kier alpha value is -1.84. The molecule has 108 valence electrons. The molecule has 1 amide bonds. The minimum absolute atomic E-state index is 0.0299. The molecule has 4 heteroatoms. The first kappa shape index (κ1) is 14.6. The number of nitrogens with zero attached hydrogens (tertiary/aromatic N) is 1.